The van der Waals surface area contributed by atoms with Crippen LogP contribution in [-0.2, 0) is 11.4 Å². The molecule has 2 atom stereocenters. The largest absolute Gasteiger partial charge is 0.486 e. The molecule has 1 aliphatic rings. The first-order chi connectivity index (χ1) is 17.0. The summed E-state index contributed by atoms with van der Waals surface area (Å²) in [6.07, 6.45) is 0. The van der Waals surface area contributed by atoms with Crippen LogP contribution in [0.5, 0.6) is 5.75 Å². The number of ether oxygens (including phenoxy) is 1. The van der Waals surface area contributed by atoms with Crippen molar-refractivity contribution < 1.29 is 9.53 Å². The standard InChI is InChI=1S/C27H27N5O2S/c1-17-12-14-20(15-13-17)24-25(26(33)28-22-11-7-8-18(2)19(22)3)35-27-30-29-23(32(27)31-24)16-34-21-9-5-4-6-10-21/h4-15,24-25,31H,16H2,1-3H3,(H,28,33)/t24-,25-/m0/s1. The van der Waals surface area contributed by atoms with Crippen molar-refractivity contribution in [2.75, 3.05) is 10.7 Å². The molecule has 1 aromatic heterocycles. The molecule has 0 spiro atoms. The Morgan fingerprint density at radius 2 is 1.77 bits per heavy atom. The Morgan fingerprint density at radius 3 is 2.54 bits per heavy atom. The number of rotatable bonds is 6. The number of benzene rings is 3. The summed E-state index contributed by atoms with van der Waals surface area (Å²) in [7, 11) is 0. The average molecular weight is 486 g/mol. The van der Waals surface area contributed by atoms with E-state index in [4.69, 9.17) is 4.74 Å². The van der Waals surface area contributed by atoms with Crippen LogP contribution in [-0.4, -0.2) is 26.0 Å². The molecule has 2 heterocycles. The number of hydrogen-bond donors (Lipinski definition) is 2. The summed E-state index contributed by atoms with van der Waals surface area (Å²) >= 11 is 1.40. The number of fused-ring (bicyclic) bond motifs is 1. The molecule has 0 saturated carbocycles. The van der Waals surface area contributed by atoms with Crippen LogP contribution in [0.4, 0.5) is 5.69 Å². The van der Waals surface area contributed by atoms with Gasteiger partial charge >= 0.3 is 0 Å². The zero-order valence-corrected chi connectivity index (χ0v) is 20.7. The Balaban J connectivity index is 1.43. The third kappa shape index (κ3) is 4.88. The molecule has 4 aromatic rings. The number of carbonyl (C=O) groups is 1. The van der Waals surface area contributed by atoms with Crippen LogP contribution in [0.3, 0.4) is 0 Å². The number of aryl methyl sites for hydroxylation is 2. The average Bonchev–Trinajstić information content (AvgIpc) is 3.28. The van der Waals surface area contributed by atoms with E-state index in [0.29, 0.717) is 11.0 Å². The number of anilines is 1. The molecule has 3 aromatic carbocycles. The lowest BCUT2D eigenvalue weighted by Gasteiger charge is -2.33. The Hall–Kier alpha value is -3.78. The highest BCUT2D eigenvalue weighted by Crippen LogP contribution is 2.38. The van der Waals surface area contributed by atoms with Gasteiger partial charge in [0.2, 0.25) is 11.1 Å². The van der Waals surface area contributed by atoms with Crippen molar-refractivity contribution in [3.63, 3.8) is 0 Å². The van der Waals surface area contributed by atoms with Gasteiger partial charge < -0.3 is 15.5 Å². The Bertz CT molecular complexity index is 1340. The van der Waals surface area contributed by atoms with E-state index >= 15 is 0 Å². The van der Waals surface area contributed by atoms with Gasteiger partial charge in [-0.2, -0.15) is 0 Å². The molecule has 0 saturated heterocycles. The molecular weight excluding hydrogens is 458 g/mol. The third-order valence-electron chi connectivity index (χ3n) is 6.17. The first-order valence-electron chi connectivity index (χ1n) is 11.5. The van der Waals surface area contributed by atoms with Crippen LogP contribution >= 0.6 is 11.8 Å². The molecule has 1 amide bonds. The summed E-state index contributed by atoms with van der Waals surface area (Å²) in [6.45, 7) is 6.36. The van der Waals surface area contributed by atoms with Gasteiger partial charge in [0.05, 0.1) is 6.04 Å². The minimum absolute atomic E-state index is 0.0851. The zero-order chi connectivity index (χ0) is 24.4. The molecule has 0 radical (unpaired) electrons. The van der Waals surface area contributed by atoms with Gasteiger partial charge in [0.15, 0.2) is 5.82 Å². The number of nitrogens with zero attached hydrogens (tertiary/aromatic N) is 3. The summed E-state index contributed by atoms with van der Waals surface area (Å²) < 4.78 is 7.73. The van der Waals surface area contributed by atoms with Gasteiger partial charge in [-0.05, 0) is 55.7 Å². The zero-order valence-electron chi connectivity index (χ0n) is 19.9. The number of hydrogen-bond acceptors (Lipinski definition) is 6. The van der Waals surface area contributed by atoms with Crippen molar-refractivity contribution in [2.45, 2.75) is 43.8 Å². The van der Waals surface area contributed by atoms with E-state index in [-0.39, 0.29) is 18.6 Å². The molecule has 5 rings (SSSR count). The quantitative estimate of drug-likeness (QED) is 0.392. The SMILES string of the molecule is Cc1ccc([C@@H]2Nn3c(COc4ccccc4)nnc3S[C@@H]2C(=O)Nc2cccc(C)c2C)cc1. The fourth-order valence-corrected chi connectivity index (χ4v) is 5.07. The van der Waals surface area contributed by atoms with E-state index in [9.17, 15) is 4.79 Å². The number of para-hydroxylation sites is 1. The van der Waals surface area contributed by atoms with Gasteiger partial charge in [0.1, 0.15) is 17.6 Å². The number of aromatic nitrogens is 3. The van der Waals surface area contributed by atoms with Crippen molar-refractivity contribution >= 4 is 23.4 Å². The molecule has 7 nitrogen and oxygen atoms in total. The monoisotopic (exact) mass is 485 g/mol. The Kier molecular flexibility index (Phi) is 6.46. The molecular formula is C27H27N5O2S. The minimum atomic E-state index is -0.447. The summed E-state index contributed by atoms with van der Waals surface area (Å²) in [6, 6.07) is 23.5. The van der Waals surface area contributed by atoms with Crippen molar-refractivity contribution in [2.24, 2.45) is 0 Å². The molecule has 0 unspecified atom stereocenters. The van der Waals surface area contributed by atoms with E-state index in [1.165, 1.54) is 11.8 Å². The maximum atomic E-state index is 13.6. The van der Waals surface area contributed by atoms with E-state index in [2.05, 4.69) is 52.1 Å². The highest BCUT2D eigenvalue weighted by Gasteiger charge is 2.38. The van der Waals surface area contributed by atoms with Crippen LogP contribution in [0.1, 0.15) is 34.1 Å². The molecule has 35 heavy (non-hydrogen) atoms. The van der Waals surface area contributed by atoms with Gasteiger partial charge in [-0.25, -0.2) is 4.68 Å². The van der Waals surface area contributed by atoms with Crippen molar-refractivity contribution in [3.8, 4) is 5.75 Å². The number of thioether (sulfide) groups is 1. The second-order valence-electron chi connectivity index (χ2n) is 8.63. The highest BCUT2D eigenvalue weighted by molar-refractivity contribution is 8.00. The predicted octanol–water partition coefficient (Wildman–Crippen LogP) is 5.18. The summed E-state index contributed by atoms with van der Waals surface area (Å²) in [5.41, 5.74) is 8.68. The van der Waals surface area contributed by atoms with Crippen LogP contribution in [0.2, 0.25) is 0 Å². The summed E-state index contributed by atoms with van der Waals surface area (Å²) in [4.78, 5) is 13.6. The lowest BCUT2D eigenvalue weighted by atomic mass is 10.0. The van der Waals surface area contributed by atoms with Crippen LogP contribution < -0.4 is 15.5 Å². The first kappa shape index (κ1) is 23.0. The minimum Gasteiger partial charge on any atom is -0.486 e. The molecule has 0 fully saturated rings. The molecule has 0 aliphatic carbocycles. The maximum Gasteiger partial charge on any atom is 0.240 e. The van der Waals surface area contributed by atoms with Crippen molar-refractivity contribution in [1.82, 2.24) is 14.9 Å². The van der Waals surface area contributed by atoms with E-state index < -0.39 is 5.25 Å². The van der Waals surface area contributed by atoms with Gasteiger partial charge in [-0.15, -0.1) is 10.2 Å². The highest BCUT2D eigenvalue weighted by atomic mass is 32.2. The predicted molar refractivity (Wildman–Crippen MR) is 138 cm³/mol. The molecule has 178 valence electrons. The van der Waals surface area contributed by atoms with Crippen LogP contribution in [0, 0.1) is 20.8 Å². The number of amides is 1. The topological polar surface area (TPSA) is 81.1 Å². The van der Waals surface area contributed by atoms with Gasteiger partial charge in [0, 0.05) is 5.69 Å². The Morgan fingerprint density at radius 1 is 1.00 bits per heavy atom. The number of carbonyl (C=O) groups excluding carboxylic acids is 1. The normalized spacial score (nSPS) is 16.8. The fourth-order valence-electron chi connectivity index (χ4n) is 3.97. The first-order valence-corrected chi connectivity index (χ1v) is 12.4. The maximum absolute atomic E-state index is 13.6. The molecule has 0 bridgehead atoms. The molecule has 1 aliphatic heterocycles. The van der Waals surface area contributed by atoms with E-state index in [1.54, 1.807) is 0 Å². The van der Waals surface area contributed by atoms with E-state index in [0.717, 1.165) is 33.7 Å². The van der Waals surface area contributed by atoms with Gasteiger partial charge in [-0.1, -0.05) is 71.9 Å². The second kappa shape index (κ2) is 9.84. The second-order valence-corrected chi connectivity index (χ2v) is 9.74. The van der Waals surface area contributed by atoms with Crippen molar-refractivity contribution in [1.29, 1.82) is 0 Å². The number of nitrogens with one attached hydrogen (secondary N) is 2. The van der Waals surface area contributed by atoms with E-state index in [1.807, 2.05) is 67.1 Å². The molecule has 8 heteroatoms. The third-order valence-corrected chi connectivity index (χ3v) is 7.39. The summed E-state index contributed by atoms with van der Waals surface area (Å²) in [5.74, 6) is 1.31. The lowest BCUT2D eigenvalue weighted by Crippen LogP contribution is -2.41. The smallest absolute Gasteiger partial charge is 0.240 e. The lowest BCUT2D eigenvalue weighted by molar-refractivity contribution is -0.116. The molecule has 2 N–H and O–H groups in total. The summed E-state index contributed by atoms with van der Waals surface area (Å²) in [5, 5.41) is 12.0. The van der Waals surface area contributed by atoms with Crippen LogP contribution in [0.25, 0.3) is 0 Å². The van der Waals surface area contributed by atoms with Crippen molar-refractivity contribution in [3.05, 3.63) is 101 Å². The van der Waals surface area contributed by atoms with Crippen LogP contribution in [0.15, 0.2) is 78.0 Å². The van der Waals surface area contributed by atoms with Gasteiger partial charge in [-0.3, -0.25) is 4.79 Å². The fraction of sp³-hybridized carbons (Fsp3) is 0.222. The Labute approximate surface area is 208 Å². The van der Waals surface area contributed by atoms with Gasteiger partial charge in [0.25, 0.3) is 0 Å².